The Balaban J connectivity index is 1.98. The third-order valence-electron chi connectivity index (χ3n) is 3.66. The van der Waals surface area contributed by atoms with E-state index in [9.17, 15) is 0 Å². The summed E-state index contributed by atoms with van der Waals surface area (Å²) in [6.45, 7) is 6.30. The molecule has 1 saturated heterocycles. The van der Waals surface area contributed by atoms with Crippen LogP contribution in [0.1, 0.15) is 26.2 Å². The van der Waals surface area contributed by atoms with Gasteiger partial charge in [0.15, 0.2) is 0 Å². The molecule has 1 unspecified atom stereocenters. The molecule has 106 valence electrons. The average Bonchev–Trinajstić information content (AvgIpc) is 2.46. The van der Waals surface area contributed by atoms with Crippen molar-refractivity contribution in [2.75, 3.05) is 43.4 Å². The Hall–Kier alpha value is -1.36. The molecule has 1 aromatic heterocycles. The Morgan fingerprint density at radius 2 is 2.32 bits per heavy atom. The molecular weight excluding hydrogens is 238 g/mol. The molecule has 0 spiro atoms. The summed E-state index contributed by atoms with van der Waals surface area (Å²) in [6, 6.07) is 2.06. The highest BCUT2D eigenvalue weighted by Gasteiger charge is 2.20. The normalized spacial score (nSPS) is 19.5. The van der Waals surface area contributed by atoms with E-state index in [2.05, 4.69) is 38.5 Å². The van der Waals surface area contributed by atoms with Gasteiger partial charge in [-0.05, 0) is 45.7 Å². The zero-order chi connectivity index (χ0) is 13.5. The summed E-state index contributed by atoms with van der Waals surface area (Å²) in [4.78, 5) is 11.0. The van der Waals surface area contributed by atoms with Gasteiger partial charge >= 0.3 is 0 Å². The Morgan fingerprint density at radius 1 is 1.42 bits per heavy atom. The molecule has 0 saturated carbocycles. The fourth-order valence-electron chi connectivity index (χ4n) is 2.66. The van der Waals surface area contributed by atoms with E-state index in [1.165, 1.54) is 19.3 Å². The predicted molar refractivity (Wildman–Crippen MR) is 79.7 cm³/mol. The average molecular weight is 263 g/mol. The van der Waals surface area contributed by atoms with Crippen LogP contribution in [0, 0.1) is 5.92 Å². The van der Waals surface area contributed by atoms with Gasteiger partial charge in [-0.15, -0.1) is 0 Å². The number of rotatable bonds is 6. The first-order valence-electron chi connectivity index (χ1n) is 7.29. The largest absolute Gasteiger partial charge is 0.370 e. The molecule has 1 aliphatic heterocycles. The van der Waals surface area contributed by atoms with Gasteiger partial charge in [-0.25, -0.2) is 9.97 Å². The van der Waals surface area contributed by atoms with Gasteiger partial charge in [0, 0.05) is 25.7 Å². The zero-order valence-electron chi connectivity index (χ0n) is 12.0. The van der Waals surface area contributed by atoms with Crippen LogP contribution in [-0.4, -0.2) is 43.2 Å². The van der Waals surface area contributed by atoms with Crippen molar-refractivity contribution in [3.63, 3.8) is 0 Å². The van der Waals surface area contributed by atoms with Crippen molar-refractivity contribution in [2.45, 2.75) is 26.2 Å². The molecule has 5 heteroatoms. The SMILES string of the molecule is CCNc1cc(N2CCCC(CCNC)C2)ncn1. The van der Waals surface area contributed by atoms with E-state index >= 15 is 0 Å². The van der Waals surface area contributed by atoms with Crippen molar-refractivity contribution in [2.24, 2.45) is 5.92 Å². The van der Waals surface area contributed by atoms with Crippen LogP contribution in [0.25, 0.3) is 0 Å². The second kappa shape index (κ2) is 7.28. The number of aromatic nitrogens is 2. The summed E-state index contributed by atoms with van der Waals surface area (Å²) in [5.41, 5.74) is 0. The molecule has 1 fully saturated rings. The lowest BCUT2D eigenvalue weighted by Gasteiger charge is -2.33. The lowest BCUT2D eigenvalue weighted by molar-refractivity contribution is 0.386. The quantitative estimate of drug-likeness (QED) is 0.818. The molecular formula is C14H25N5. The Labute approximate surface area is 115 Å². The van der Waals surface area contributed by atoms with E-state index in [0.717, 1.165) is 43.7 Å². The summed E-state index contributed by atoms with van der Waals surface area (Å²) in [6.07, 6.45) is 5.50. The molecule has 0 bridgehead atoms. The van der Waals surface area contributed by atoms with E-state index in [0.29, 0.717) is 0 Å². The third-order valence-corrected chi connectivity index (χ3v) is 3.66. The Bertz CT molecular complexity index is 382. The van der Waals surface area contributed by atoms with Crippen molar-refractivity contribution >= 4 is 11.6 Å². The van der Waals surface area contributed by atoms with Gasteiger partial charge in [0.05, 0.1) is 0 Å². The topological polar surface area (TPSA) is 53.1 Å². The first-order valence-corrected chi connectivity index (χ1v) is 7.29. The maximum absolute atomic E-state index is 4.42. The van der Waals surface area contributed by atoms with E-state index < -0.39 is 0 Å². The van der Waals surface area contributed by atoms with E-state index in [1.807, 2.05) is 7.05 Å². The number of hydrogen-bond donors (Lipinski definition) is 2. The molecule has 0 aliphatic carbocycles. The minimum atomic E-state index is 0.777. The summed E-state index contributed by atoms with van der Waals surface area (Å²) in [5.74, 6) is 2.75. The summed E-state index contributed by atoms with van der Waals surface area (Å²) < 4.78 is 0. The first-order chi connectivity index (χ1) is 9.33. The standard InChI is InChI=1S/C14H25N5/c1-3-16-13-9-14(18-11-17-13)19-8-4-5-12(10-19)6-7-15-2/h9,11-12,15H,3-8,10H2,1-2H3,(H,16,17,18). The fraction of sp³-hybridized carbons (Fsp3) is 0.714. The Morgan fingerprint density at radius 3 is 3.11 bits per heavy atom. The van der Waals surface area contributed by atoms with Crippen LogP contribution in [0.3, 0.4) is 0 Å². The smallest absolute Gasteiger partial charge is 0.134 e. The molecule has 0 amide bonds. The highest BCUT2D eigenvalue weighted by atomic mass is 15.2. The molecule has 5 nitrogen and oxygen atoms in total. The van der Waals surface area contributed by atoms with Gasteiger partial charge in [0.2, 0.25) is 0 Å². The van der Waals surface area contributed by atoms with E-state index in [-0.39, 0.29) is 0 Å². The summed E-state index contributed by atoms with van der Waals surface area (Å²) in [5, 5.41) is 6.49. The van der Waals surface area contributed by atoms with Crippen LogP contribution >= 0.6 is 0 Å². The number of nitrogens with zero attached hydrogens (tertiary/aromatic N) is 3. The monoisotopic (exact) mass is 263 g/mol. The zero-order valence-corrected chi connectivity index (χ0v) is 12.0. The van der Waals surface area contributed by atoms with Gasteiger partial charge in [-0.3, -0.25) is 0 Å². The molecule has 0 aromatic carbocycles. The maximum atomic E-state index is 4.42. The summed E-state index contributed by atoms with van der Waals surface area (Å²) in [7, 11) is 2.02. The van der Waals surface area contributed by atoms with Crippen LogP contribution in [0.5, 0.6) is 0 Å². The minimum absolute atomic E-state index is 0.777. The van der Waals surface area contributed by atoms with Gasteiger partial charge in [-0.2, -0.15) is 0 Å². The highest BCUT2D eigenvalue weighted by Crippen LogP contribution is 2.24. The van der Waals surface area contributed by atoms with Crippen molar-refractivity contribution < 1.29 is 0 Å². The lowest BCUT2D eigenvalue weighted by atomic mass is 9.95. The van der Waals surface area contributed by atoms with Gasteiger partial charge in [0.1, 0.15) is 18.0 Å². The van der Waals surface area contributed by atoms with Crippen molar-refractivity contribution in [1.29, 1.82) is 0 Å². The number of piperidine rings is 1. The molecule has 1 aliphatic rings. The molecule has 0 radical (unpaired) electrons. The first kappa shape index (κ1) is 14.1. The number of nitrogens with one attached hydrogen (secondary N) is 2. The van der Waals surface area contributed by atoms with Crippen LogP contribution in [0.15, 0.2) is 12.4 Å². The van der Waals surface area contributed by atoms with E-state index in [1.54, 1.807) is 6.33 Å². The highest BCUT2D eigenvalue weighted by molar-refractivity contribution is 5.48. The third kappa shape index (κ3) is 4.06. The van der Waals surface area contributed by atoms with Crippen LogP contribution in [0.4, 0.5) is 11.6 Å². The van der Waals surface area contributed by atoms with Crippen LogP contribution in [0.2, 0.25) is 0 Å². The second-order valence-electron chi connectivity index (χ2n) is 5.14. The van der Waals surface area contributed by atoms with Gasteiger partial charge in [-0.1, -0.05) is 0 Å². The maximum Gasteiger partial charge on any atom is 0.134 e. The molecule has 1 atom stereocenters. The van der Waals surface area contributed by atoms with Crippen molar-refractivity contribution in [3.8, 4) is 0 Å². The lowest BCUT2D eigenvalue weighted by Crippen LogP contribution is -2.37. The van der Waals surface area contributed by atoms with Gasteiger partial charge in [0.25, 0.3) is 0 Å². The molecule has 2 heterocycles. The Kier molecular flexibility index (Phi) is 5.39. The second-order valence-corrected chi connectivity index (χ2v) is 5.14. The number of hydrogen-bond acceptors (Lipinski definition) is 5. The minimum Gasteiger partial charge on any atom is -0.370 e. The fourth-order valence-corrected chi connectivity index (χ4v) is 2.66. The molecule has 19 heavy (non-hydrogen) atoms. The van der Waals surface area contributed by atoms with Crippen molar-refractivity contribution in [1.82, 2.24) is 15.3 Å². The molecule has 2 rings (SSSR count). The number of anilines is 2. The molecule has 1 aromatic rings. The predicted octanol–water partition coefficient (Wildman–Crippen LogP) is 1.73. The summed E-state index contributed by atoms with van der Waals surface area (Å²) >= 11 is 0. The van der Waals surface area contributed by atoms with E-state index in [4.69, 9.17) is 0 Å². The van der Waals surface area contributed by atoms with Crippen LogP contribution < -0.4 is 15.5 Å². The van der Waals surface area contributed by atoms with Gasteiger partial charge < -0.3 is 15.5 Å². The molecule has 2 N–H and O–H groups in total. The van der Waals surface area contributed by atoms with Crippen LogP contribution in [-0.2, 0) is 0 Å². The van der Waals surface area contributed by atoms with Crippen molar-refractivity contribution in [3.05, 3.63) is 12.4 Å².